The zero-order valence-electron chi connectivity index (χ0n) is 11.1. The van der Waals surface area contributed by atoms with Crippen molar-refractivity contribution >= 4 is 28.6 Å². The smallest absolute Gasteiger partial charge is 0.166 e. The second kappa shape index (κ2) is 5.51. The molecule has 0 aliphatic carbocycles. The van der Waals surface area contributed by atoms with Gasteiger partial charge in [0.25, 0.3) is 0 Å². The molecule has 0 unspecified atom stereocenters. The first-order chi connectivity index (χ1) is 9.72. The fourth-order valence-electron chi connectivity index (χ4n) is 1.99. The van der Waals surface area contributed by atoms with E-state index in [1.165, 1.54) is 5.56 Å². The number of fused-ring (bicyclic) bond motifs is 1. The molecular formula is C16H14N2OS. The average molecular weight is 282 g/mol. The number of H-pyrrole nitrogens is 1. The molecule has 0 bridgehead atoms. The normalized spacial score (nSPS) is 10.8. The van der Waals surface area contributed by atoms with Crippen LogP contribution in [0.3, 0.4) is 0 Å². The van der Waals surface area contributed by atoms with Crippen LogP contribution in [-0.2, 0) is 5.75 Å². The van der Waals surface area contributed by atoms with Gasteiger partial charge in [-0.25, -0.2) is 4.98 Å². The van der Waals surface area contributed by atoms with Crippen LogP contribution in [0.25, 0.3) is 11.0 Å². The molecule has 1 aromatic heterocycles. The summed E-state index contributed by atoms with van der Waals surface area (Å²) in [5, 5.41) is 0.918. The number of benzene rings is 2. The third-order valence-electron chi connectivity index (χ3n) is 3.10. The molecule has 0 saturated heterocycles. The van der Waals surface area contributed by atoms with Gasteiger partial charge in [0.2, 0.25) is 0 Å². The highest BCUT2D eigenvalue weighted by molar-refractivity contribution is 7.98. The summed E-state index contributed by atoms with van der Waals surface area (Å²) >= 11 is 1.66. The van der Waals surface area contributed by atoms with E-state index in [-0.39, 0.29) is 5.78 Å². The van der Waals surface area contributed by atoms with E-state index >= 15 is 0 Å². The van der Waals surface area contributed by atoms with E-state index in [1.807, 2.05) is 48.5 Å². The fraction of sp³-hybridized carbons (Fsp3) is 0.125. The van der Waals surface area contributed by atoms with Gasteiger partial charge in [0.15, 0.2) is 10.9 Å². The Labute approximate surface area is 121 Å². The molecule has 3 aromatic rings. The van der Waals surface area contributed by atoms with Crippen LogP contribution in [0.4, 0.5) is 0 Å². The van der Waals surface area contributed by atoms with Crippen LogP contribution in [0.15, 0.2) is 53.7 Å². The van der Waals surface area contributed by atoms with Gasteiger partial charge in [-0.15, -0.1) is 0 Å². The van der Waals surface area contributed by atoms with E-state index in [0.29, 0.717) is 0 Å². The van der Waals surface area contributed by atoms with Gasteiger partial charge in [-0.2, -0.15) is 0 Å². The molecule has 3 rings (SSSR count). The number of rotatable bonds is 4. The van der Waals surface area contributed by atoms with Crippen molar-refractivity contribution < 1.29 is 4.79 Å². The highest BCUT2D eigenvalue weighted by Gasteiger charge is 2.04. The Morgan fingerprint density at radius 2 is 1.90 bits per heavy atom. The monoisotopic (exact) mass is 282 g/mol. The zero-order valence-corrected chi connectivity index (χ0v) is 11.9. The van der Waals surface area contributed by atoms with Gasteiger partial charge in [-0.05, 0) is 24.6 Å². The van der Waals surface area contributed by atoms with E-state index in [2.05, 4.69) is 9.97 Å². The van der Waals surface area contributed by atoms with E-state index in [9.17, 15) is 4.79 Å². The molecule has 20 heavy (non-hydrogen) atoms. The Morgan fingerprint density at radius 3 is 2.60 bits per heavy atom. The average Bonchev–Trinajstić information content (AvgIpc) is 2.88. The van der Waals surface area contributed by atoms with E-state index in [1.54, 1.807) is 18.7 Å². The number of para-hydroxylation sites is 2. The lowest BCUT2D eigenvalue weighted by Gasteiger charge is -2.00. The lowest BCUT2D eigenvalue weighted by Crippen LogP contribution is -1.91. The highest BCUT2D eigenvalue weighted by atomic mass is 32.2. The minimum atomic E-state index is 0.0986. The molecule has 0 spiro atoms. The largest absolute Gasteiger partial charge is 0.333 e. The number of thioether (sulfide) groups is 1. The van der Waals surface area contributed by atoms with Gasteiger partial charge in [0, 0.05) is 11.3 Å². The first-order valence-electron chi connectivity index (χ1n) is 6.40. The van der Waals surface area contributed by atoms with Gasteiger partial charge in [0.05, 0.1) is 11.0 Å². The molecule has 1 heterocycles. The molecule has 4 heteroatoms. The first kappa shape index (κ1) is 12.9. The second-order valence-electron chi connectivity index (χ2n) is 4.60. The molecule has 0 saturated carbocycles. The minimum Gasteiger partial charge on any atom is -0.333 e. The summed E-state index contributed by atoms with van der Waals surface area (Å²) in [5.41, 5.74) is 3.98. The number of Topliss-reactive ketones (excluding diaryl/α,β-unsaturated/α-hetero) is 1. The number of imidazole rings is 1. The molecule has 0 amide bonds. The third kappa shape index (κ3) is 2.75. The standard InChI is InChI=1S/C16H14N2OS/c1-11(19)13-8-6-12(7-9-13)10-20-16-17-14-4-2-3-5-15(14)18-16/h2-9H,10H2,1H3,(H,17,18). The van der Waals surface area contributed by atoms with Crippen molar-refractivity contribution in [3.63, 3.8) is 0 Å². The number of carbonyl (C=O) groups is 1. The maximum absolute atomic E-state index is 11.2. The van der Waals surface area contributed by atoms with Gasteiger partial charge in [-0.3, -0.25) is 4.79 Å². The molecule has 100 valence electrons. The van der Waals surface area contributed by atoms with Crippen LogP contribution in [0, 0.1) is 0 Å². The summed E-state index contributed by atoms with van der Waals surface area (Å²) in [6.45, 7) is 1.58. The van der Waals surface area contributed by atoms with Crippen molar-refractivity contribution in [3.8, 4) is 0 Å². The maximum atomic E-state index is 11.2. The predicted molar refractivity (Wildman–Crippen MR) is 82.1 cm³/mol. The quantitative estimate of drug-likeness (QED) is 0.580. The molecule has 0 aliphatic heterocycles. The van der Waals surface area contributed by atoms with E-state index < -0.39 is 0 Å². The topological polar surface area (TPSA) is 45.8 Å². The number of ketones is 1. The van der Waals surface area contributed by atoms with Gasteiger partial charge < -0.3 is 4.98 Å². The van der Waals surface area contributed by atoms with Gasteiger partial charge in [0.1, 0.15) is 0 Å². The predicted octanol–water partition coefficient (Wildman–Crippen LogP) is 4.06. The van der Waals surface area contributed by atoms with Gasteiger partial charge in [-0.1, -0.05) is 48.2 Å². The molecule has 0 fully saturated rings. The van der Waals surface area contributed by atoms with Crippen molar-refractivity contribution in [2.75, 3.05) is 0 Å². The Bertz CT molecular complexity index is 714. The zero-order chi connectivity index (χ0) is 13.9. The summed E-state index contributed by atoms with van der Waals surface area (Å²) < 4.78 is 0. The molecule has 1 N–H and O–H groups in total. The van der Waals surface area contributed by atoms with Crippen molar-refractivity contribution in [3.05, 3.63) is 59.7 Å². The van der Waals surface area contributed by atoms with Crippen LogP contribution in [0.1, 0.15) is 22.8 Å². The van der Waals surface area contributed by atoms with Crippen molar-refractivity contribution in [2.45, 2.75) is 17.8 Å². The summed E-state index contributed by atoms with van der Waals surface area (Å²) in [4.78, 5) is 19.0. The minimum absolute atomic E-state index is 0.0986. The molecular weight excluding hydrogens is 268 g/mol. The maximum Gasteiger partial charge on any atom is 0.166 e. The summed E-state index contributed by atoms with van der Waals surface area (Å²) in [5.74, 6) is 0.930. The van der Waals surface area contributed by atoms with Crippen LogP contribution >= 0.6 is 11.8 Å². The first-order valence-corrected chi connectivity index (χ1v) is 7.38. The second-order valence-corrected chi connectivity index (χ2v) is 5.56. The number of aromatic amines is 1. The fourth-order valence-corrected chi connectivity index (χ4v) is 2.83. The van der Waals surface area contributed by atoms with Crippen molar-refractivity contribution in [1.29, 1.82) is 0 Å². The lowest BCUT2D eigenvalue weighted by molar-refractivity contribution is 0.101. The molecule has 0 radical (unpaired) electrons. The molecule has 2 aromatic carbocycles. The Kier molecular flexibility index (Phi) is 3.56. The number of nitrogens with one attached hydrogen (secondary N) is 1. The van der Waals surface area contributed by atoms with Gasteiger partial charge >= 0.3 is 0 Å². The summed E-state index contributed by atoms with van der Waals surface area (Å²) in [6, 6.07) is 15.7. The van der Waals surface area contributed by atoms with Crippen LogP contribution in [0.2, 0.25) is 0 Å². The van der Waals surface area contributed by atoms with Crippen LogP contribution < -0.4 is 0 Å². The Morgan fingerprint density at radius 1 is 1.15 bits per heavy atom. The summed E-state index contributed by atoms with van der Waals surface area (Å²) in [7, 11) is 0. The Balaban J connectivity index is 1.71. The SMILES string of the molecule is CC(=O)c1ccc(CSc2nc3ccccc3[nH]2)cc1. The highest BCUT2D eigenvalue weighted by Crippen LogP contribution is 2.23. The van der Waals surface area contributed by atoms with E-state index in [4.69, 9.17) is 0 Å². The molecule has 0 atom stereocenters. The number of hydrogen-bond donors (Lipinski definition) is 1. The van der Waals surface area contributed by atoms with Crippen LogP contribution in [-0.4, -0.2) is 15.8 Å². The van der Waals surface area contributed by atoms with E-state index in [0.717, 1.165) is 27.5 Å². The Hall–Kier alpha value is -2.07. The molecule has 3 nitrogen and oxygen atoms in total. The molecule has 0 aliphatic rings. The number of carbonyl (C=O) groups excluding carboxylic acids is 1. The number of hydrogen-bond acceptors (Lipinski definition) is 3. The number of aromatic nitrogens is 2. The number of nitrogens with zero attached hydrogens (tertiary/aromatic N) is 1. The lowest BCUT2D eigenvalue weighted by atomic mass is 10.1. The van der Waals surface area contributed by atoms with Crippen molar-refractivity contribution in [2.24, 2.45) is 0 Å². The third-order valence-corrected chi connectivity index (χ3v) is 4.05. The van der Waals surface area contributed by atoms with Crippen molar-refractivity contribution in [1.82, 2.24) is 9.97 Å². The summed E-state index contributed by atoms with van der Waals surface area (Å²) in [6.07, 6.45) is 0. The van der Waals surface area contributed by atoms with Crippen LogP contribution in [0.5, 0.6) is 0 Å².